The average molecular weight is 1510 g/mol. The Morgan fingerprint density at radius 3 is 1.31 bits per heavy atom. The van der Waals surface area contributed by atoms with Crippen molar-refractivity contribution in [1.82, 2.24) is 72.9 Å². The Balaban J connectivity index is 1.93. The van der Waals surface area contributed by atoms with Gasteiger partial charge < -0.3 is 111 Å². The summed E-state index contributed by atoms with van der Waals surface area (Å²) in [6.07, 6.45) is -0.755. The second-order valence-electron chi connectivity index (χ2n) is 27.7. The molecular formula is C65H107N19O20S. The number of rotatable bonds is 46. The molecule has 40 heteroatoms. The first kappa shape index (κ1) is 89.5. The number of guanidine groups is 1. The molecule has 13 atom stereocenters. The number of carbonyl (C=O) groups excluding carboxylic acids is 13. The highest BCUT2D eigenvalue weighted by Crippen LogP contribution is 2.24. The summed E-state index contributed by atoms with van der Waals surface area (Å²) in [6.45, 7) is 13.0. The van der Waals surface area contributed by atoms with Gasteiger partial charge in [0.2, 0.25) is 76.8 Å². The fraction of sp³-hybridized carbons (Fsp3) is 0.692. The number of carboxylic acid groups (broad SMARTS) is 3. The summed E-state index contributed by atoms with van der Waals surface area (Å²) in [7, 11) is 0. The molecule has 2 fully saturated rings. The fourth-order valence-electron chi connectivity index (χ4n) is 11.7. The number of hydrogen-bond acceptors (Lipinski definition) is 21. The van der Waals surface area contributed by atoms with E-state index in [4.69, 9.17) is 22.9 Å². The molecule has 0 bridgehead atoms. The van der Waals surface area contributed by atoms with Crippen molar-refractivity contribution in [3.8, 4) is 0 Å². The molecule has 0 spiro atoms. The maximum absolute atomic E-state index is 14.5. The SMILES string of the molecule is CC(C)C[C@H](NC(=O)[C@@H]1CCCN1C(=O)[C@H](CC(C)C)NC(=O)[C@H](Cc1cnc[nH]1)NC(=O)[C@H](CCC(N)=O)NC(=O)[C@H](CCCN=C(N)N)NC(=O)[C@H](CC(=O)O)NC(=O)[C@H](CC(=O)O)NC(=O)[C@H](CO)NC(=O)[C@@H]1CCCN1C(=O)[C@H](CC(C)C)NC(=O)[C@H](CC(C)C)NC(=O)[C@@H](N)CS)C(=O)O. The van der Waals surface area contributed by atoms with Crippen LogP contribution in [0.15, 0.2) is 17.5 Å². The maximum Gasteiger partial charge on any atom is 0.326 e. The van der Waals surface area contributed by atoms with Gasteiger partial charge in [0, 0.05) is 50.1 Å². The lowest BCUT2D eigenvalue weighted by molar-refractivity contribution is -0.145. The van der Waals surface area contributed by atoms with E-state index >= 15 is 0 Å². The zero-order chi connectivity index (χ0) is 79.1. The van der Waals surface area contributed by atoms with Crippen molar-refractivity contribution in [2.24, 2.45) is 51.6 Å². The molecule has 1 aromatic heterocycles. The van der Waals surface area contributed by atoms with Crippen LogP contribution >= 0.6 is 12.6 Å². The third-order valence-electron chi connectivity index (χ3n) is 16.9. The molecule has 13 amide bonds. The van der Waals surface area contributed by atoms with Gasteiger partial charge in [0.05, 0.1) is 31.8 Å². The van der Waals surface area contributed by atoms with Gasteiger partial charge in [-0.05, 0) is 94.3 Å². The number of nitrogens with two attached hydrogens (primary N) is 4. The molecular weight excluding hydrogens is 1400 g/mol. The number of aliphatic hydroxyl groups excluding tert-OH is 1. The van der Waals surface area contributed by atoms with Crippen molar-refractivity contribution >= 4 is 113 Å². The minimum absolute atomic E-state index is 0.000653. The number of nitrogens with one attached hydrogen (secondary N) is 11. The van der Waals surface area contributed by atoms with Crippen molar-refractivity contribution in [3.05, 3.63) is 18.2 Å². The minimum Gasteiger partial charge on any atom is -0.481 e. The van der Waals surface area contributed by atoms with Crippen LogP contribution in [-0.2, 0) is 83.1 Å². The molecule has 588 valence electrons. The number of aliphatic imine (C=N–C) groups is 1. The highest BCUT2D eigenvalue weighted by molar-refractivity contribution is 7.80. The van der Waals surface area contributed by atoms with Crippen LogP contribution in [0.3, 0.4) is 0 Å². The summed E-state index contributed by atoms with van der Waals surface area (Å²) in [5, 5.41) is 64.4. The van der Waals surface area contributed by atoms with Gasteiger partial charge in [0.15, 0.2) is 5.96 Å². The first-order valence-corrected chi connectivity index (χ1v) is 35.5. The van der Waals surface area contributed by atoms with E-state index in [9.17, 15) is 97.1 Å². The smallest absolute Gasteiger partial charge is 0.326 e. The van der Waals surface area contributed by atoms with Crippen LogP contribution in [0.5, 0.6) is 0 Å². The number of primary amides is 1. The van der Waals surface area contributed by atoms with E-state index in [1.54, 1.807) is 41.5 Å². The molecule has 0 saturated carbocycles. The Kier molecular flexibility index (Phi) is 37.6. The fourth-order valence-corrected chi connectivity index (χ4v) is 11.9. The van der Waals surface area contributed by atoms with Gasteiger partial charge >= 0.3 is 17.9 Å². The monoisotopic (exact) mass is 1510 g/mol. The van der Waals surface area contributed by atoms with Gasteiger partial charge in [-0.1, -0.05) is 55.4 Å². The normalized spacial score (nSPS) is 17.4. The van der Waals surface area contributed by atoms with E-state index in [0.29, 0.717) is 6.42 Å². The van der Waals surface area contributed by atoms with Crippen LogP contribution in [-0.4, -0.2) is 251 Å². The topological polar surface area (TPSA) is 626 Å². The van der Waals surface area contributed by atoms with E-state index in [0.717, 1.165) is 0 Å². The molecule has 23 N–H and O–H groups in total. The Bertz CT molecular complexity index is 3230. The number of aromatic amines is 1. The average Bonchev–Trinajstić information content (AvgIpc) is 1.75. The first-order chi connectivity index (χ1) is 49.3. The van der Waals surface area contributed by atoms with Crippen LogP contribution in [0.2, 0.25) is 0 Å². The first-order valence-electron chi connectivity index (χ1n) is 34.9. The molecule has 0 aromatic carbocycles. The van der Waals surface area contributed by atoms with Crippen molar-refractivity contribution in [1.29, 1.82) is 0 Å². The molecule has 105 heavy (non-hydrogen) atoms. The molecule has 0 unspecified atom stereocenters. The number of carbonyl (C=O) groups is 16. The number of amides is 13. The molecule has 1 aromatic rings. The van der Waals surface area contributed by atoms with Crippen molar-refractivity contribution in [2.75, 3.05) is 32.0 Å². The third kappa shape index (κ3) is 30.9. The predicted octanol–water partition coefficient (Wildman–Crippen LogP) is -5.43. The van der Waals surface area contributed by atoms with Crippen LogP contribution in [0, 0.1) is 23.7 Å². The number of nitrogens with zero attached hydrogens (tertiary/aromatic N) is 4. The van der Waals surface area contributed by atoms with Gasteiger partial charge in [0.1, 0.15) is 72.5 Å². The molecule has 2 saturated heterocycles. The number of aromatic nitrogens is 2. The Morgan fingerprint density at radius 2 is 0.905 bits per heavy atom. The standard InChI is InChI=1S/C65H107N19O20S/c1-31(2)20-39(75-52(91)36(66)29-105)55(94)79-43(21-32(3)4)62(101)84-19-11-14-48(84)61(100)82-46(28-85)59(98)78-42(26-51(89)90)58(97)77-41(25-50(87)88)57(96)73-37(12-9-17-71-65(68)69)53(92)74-38(15-16-49(67)86)54(93)76-40(24-35-27-70-30-72-35)56(95)80-44(22-33(5)6)63(102)83-18-10-13-47(83)60(99)81-45(64(103)104)23-34(7)8/h27,30-34,36-48,85,105H,9-26,28-29,66H2,1-8H3,(H2,67,86)(H,70,72)(H,73,96)(H,74,92)(H,75,91)(H,76,93)(H,77,97)(H,78,98)(H,79,94)(H,80,95)(H,81,99)(H,82,100)(H,87,88)(H,89,90)(H,103,104)(H4,68,69,71)/t36-,37-,38-,39-,40-,41-,42-,43-,44-,45-,46-,47-,48-/m0/s1. The molecule has 0 aliphatic carbocycles. The summed E-state index contributed by atoms with van der Waals surface area (Å²) in [5.74, 6) is -18.8. The predicted molar refractivity (Wildman–Crippen MR) is 378 cm³/mol. The number of carboxylic acids is 3. The Labute approximate surface area is 613 Å². The van der Waals surface area contributed by atoms with E-state index in [1.165, 1.54) is 22.3 Å². The number of aliphatic hydroxyl groups is 1. The van der Waals surface area contributed by atoms with Crippen molar-refractivity contribution in [3.63, 3.8) is 0 Å². The van der Waals surface area contributed by atoms with E-state index in [-0.39, 0.29) is 118 Å². The molecule has 2 aliphatic heterocycles. The van der Waals surface area contributed by atoms with E-state index in [2.05, 4.69) is 80.8 Å². The molecule has 39 nitrogen and oxygen atoms in total. The van der Waals surface area contributed by atoms with Crippen LogP contribution < -0.4 is 76.1 Å². The summed E-state index contributed by atoms with van der Waals surface area (Å²) < 4.78 is 0. The van der Waals surface area contributed by atoms with E-state index < -0.39 is 212 Å². The molecule has 2 aliphatic rings. The zero-order valence-electron chi connectivity index (χ0n) is 60.5. The Morgan fingerprint density at radius 1 is 0.524 bits per heavy atom. The molecule has 3 rings (SSSR count). The lowest BCUT2D eigenvalue weighted by atomic mass is 9.99. The summed E-state index contributed by atoms with van der Waals surface area (Å²) in [4.78, 5) is 231. The van der Waals surface area contributed by atoms with Crippen LogP contribution in [0.25, 0.3) is 0 Å². The highest BCUT2D eigenvalue weighted by atomic mass is 32.1. The maximum atomic E-state index is 14.5. The van der Waals surface area contributed by atoms with Gasteiger partial charge in [-0.25, -0.2) is 9.78 Å². The Hall–Kier alpha value is -9.73. The lowest BCUT2D eigenvalue weighted by Gasteiger charge is -2.31. The summed E-state index contributed by atoms with van der Waals surface area (Å²) in [5.41, 5.74) is 22.6. The number of hydrogen-bond donors (Lipinski definition) is 20. The summed E-state index contributed by atoms with van der Waals surface area (Å²) >= 11 is 4.05. The van der Waals surface area contributed by atoms with Gasteiger partial charge in [-0.3, -0.25) is 76.9 Å². The van der Waals surface area contributed by atoms with Gasteiger partial charge in [-0.15, -0.1) is 0 Å². The summed E-state index contributed by atoms with van der Waals surface area (Å²) in [6, 6.07) is -19.9. The highest BCUT2D eigenvalue weighted by Gasteiger charge is 2.43. The number of imidazole rings is 1. The van der Waals surface area contributed by atoms with Crippen molar-refractivity contribution < 1.29 is 97.1 Å². The van der Waals surface area contributed by atoms with Crippen LogP contribution in [0.4, 0.5) is 0 Å². The lowest BCUT2D eigenvalue weighted by Crippen LogP contribution is -2.61. The number of H-pyrrole nitrogens is 1. The van der Waals surface area contributed by atoms with Gasteiger partial charge in [-0.2, -0.15) is 12.6 Å². The molecule has 3 heterocycles. The zero-order valence-corrected chi connectivity index (χ0v) is 61.4. The second kappa shape index (κ2) is 44.2. The third-order valence-corrected chi connectivity index (χ3v) is 17.3. The van der Waals surface area contributed by atoms with Gasteiger partial charge in [0.25, 0.3) is 0 Å². The largest absolute Gasteiger partial charge is 0.481 e. The number of likely N-dealkylation sites (tertiary alicyclic amines) is 2. The molecule has 0 radical (unpaired) electrons. The second-order valence-corrected chi connectivity index (χ2v) is 28.1. The van der Waals surface area contributed by atoms with E-state index in [1.807, 2.05) is 13.8 Å². The minimum atomic E-state index is -2.20. The number of thiol groups is 1. The van der Waals surface area contributed by atoms with Crippen LogP contribution in [0.1, 0.15) is 151 Å². The van der Waals surface area contributed by atoms with Crippen molar-refractivity contribution in [2.45, 2.75) is 230 Å². The quantitative estimate of drug-likeness (QED) is 0.0125. The number of aliphatic carboxylic acids is 3.